The molecule has 1 aliphatic heterocycles. The van der Waals surface area contributed by atoms with E-state index in [-0.39, 0.29) is 11.8 Å². The number of hydrogen-bond acceptors (Lipinski definition) is 2. The van der Waals surface area contributed by atoms with Crippen LogP contribution in [0.15, 0.2) is 24.3 Å². The fourth-order valence-electron chi connectivity index (χ4n) is 2.43. The first-order chi connectivity index (χ1) is 8.72. The Morgan fingerprint density at radius 1 is 1.28 bits per heavy atom. The normalized spacial score (nSPS) is 16.6. The summed E-state index contributed by atoms with van der Waals surface area (Å²) >= 11 is 0. The first-order valence-corrected chi connectivity index (χ1v) is 6.79. The molecule has 3 nitrogen and oxygen atoms in total. The largest absolute Gasteiger partial charge is 0.317 e. The van der Waals surface area contributed by atoms with Crippen LogP contribution in [0.4, 0.5) is 5.69 Å². The van der Waals surface area contributed by atoms with Crippen LogP contribution in [0.25, 0.3) is 0 Å². The third-order valence-electron chi connectivity index (χ3n) is 3.75. The van der Waals surface area contributed by atoms with Gasteiger partial charge in [-0.15, -0.1) is 0 Å². The molecule has 0 atom stereocenters. The summed E-state index contributed by atoms with van der Waals surface area (Å²) in [6.07, 6.45) is 2.94. The van der Waals surface area contributed by atoms with Gasteiger partial charge < -0.3 is 10.2 Å². The van der Waals surface area contributed by atoms with Crippen molar-refractivity contribution >= 4 is 11.6 Å². The van der Waals surface area contributed by atoms with E-state index in [1.165, 1.54) is 5.56 Å². The molecule has 1 N–H and O–H groups in total. The van der Waals surface area contributed by atoms with Gasteiger partial charge in [0.05, 0.1) is 0 Å². The van der Waals surface area contributed by atoms with Crippen molar-refractivity contribution in [1.29, 1.82) is 0 Å². The summed E-state index contributed by atoms with van der Waals surface area (Å²) in [5, 5.41) is 3.29. The molecule has 2 rings (SSSR count). The summed E-state index contributed by atoms with van der Waals surface area (Å²) in [7, 11) is 1.88. The molecule has 1 heterocycles. The van der Waals surface area contributed by atoms with Crippen molar-refractivity contribution in [3.8, 4) is 0 Å². The zero-order valence-electron chi connectivity index (χ0n) is 11.3. The smallest absolute Gasteiger partial charge is 0.229 e. The van der Waals surface area contributed by atoms with Crippen molar-refractivity contribution in [2.45, 2.75) is 26.2 Å². The van der Waals surface area contributed by atoms with E-state index < -0.39 is 0 Å². The lowest BCUT2D eigenvalue weighted by atomic mass is 9.96. The number of nitrogens with one attached hydrogen (secondary N) is 1. The monoisotopic (exact) mass is 246 g/mol. The molecular formula is C15H22N2O. The van der Waals surface area contributed by atoms with E-state index in [1.807, 2.05) is 19.2 Å². The first-order valence-electron chi connectivity index (χ1n) is 6.79. The molecule has 98 valence electrons. The van der Waals surface area contributed by atoms with Crippen LogP contribution in [0.3, 0.4) is 0 Å². The van der Waals surface area contributed by atoms with E-state index in [0.717, 1.165) is 38.0 Å². The van der Waals surface area contributed by atoms with Crippen LogP contribution < -0.4 is 10.2 Å². The van der Waals surface area contributed by atoms with Crippen LogP contribution in [0.1, 0.15) is 25.3 Å². The molecule has 0 unspecified atom stereocenters. The molecule has 1 aliphatic rings. The lowest BCUT2D eigenvalue weighted by Crippen LogP contribution is -2.39. The highest BCUT2D eigenvalue weighted by atomic mass is 16.2. The molecule has 0 aliphatic carbocycles. The molecule has 1 aromatic carbocycles. The molecule has 0 saturated carbocycles. The van der Waals surface area contributed by atoms with Gasteiger partial charge >= 0.3 is 0 Å². The molecule has 18 heavy (non-hydrogen) atoms. The molecule has 0 bridgehead atoms. The molecule has 0 radical (unpaired) electrons. The molecule has 0 aromatic heterocycles. The van der Waals surface area contributed by atoms with Crippen molar-refractivity contribution in [1.82, 2.24) is 5.32 Å². The van der Waals surface area contributed by atoms with Gasteiger partial charge in [-0.2, -0.15) is 0 Å². The third kappa shape index (κ3) is 2.91. The van der Waals surface area contributed by atoms with Crippen molar-refractivity contribution in [3.05, 3.63) is 29.8 Å². The van der Waals surface area contributed by atoms with Gasteiger partial charge in [-0.05, 0) is 50.0 Å². The zero-order valence-corrected chi connectivity index (χ0v) is 11.3. The van der Waals surface area contributed by atoms with E-state index >= 15 is 0 Å². The number of benzene rings is 1. The van der Waals surface area contributed by atoms with Gasteiger partial charge in [0.25, 0.3) is 0 Å². The second kappa shape index (κ2) is 6.01. The SMILES string of the molecule is CCc1ccc(N(C)C(=O)C2CCNCC2)cc1. The van der Waals surface area contributed by atoms with Crippen LogP contribution in [0.2, 0.25) is 0 Å². The maximum atomic E-state index is 12.4. The van der Waals surface area contributed by atoms with E-state index in [4.69, 9.17) is 0 Å². The Morgan fingerprint density at radius 3 is 2.44 bits per heavy atom. The van der Waals surface area contributed by atoms with Crippen LogP contribution >= 0.6 is 0 Å². The van der Waals surface area contributed by atoms with Crippen molar-refractivity contribution in [2.24, 2.45) is 5.92 Å². The molecular weight excluding hydrogens is 224 g/mol. The Morgan fingerprint density at radius 2 is 1.89 bits per heavy atom. The Bertz CT molecular complexity index is 393. The van der Waals surface area contributed by atoms with Gasteiger partial charge in [0, 0.05) is 18.7 Å². The number of rotatable bonds is 3. The van der Waals surface area contributed by atoms with Gasteiger partial charge in [-0.1, -0.05) is 19.1 Å². The summed E-state index contributed by atoms with van der Waals surface area (Å²) < 4.78 is 0. The quantitative estimate of drug-likeness (QED) is 0.887. The number of anilines is 1. The third-order valence-corrected chi connectivity index (χ3v) is 3.75. The summed E-state index contributed by atoms with van der Waals surface area (Å²) in [6.45, 7) is 4.05. The number of amides is 1. The lowest BCUT2D eigenvalue weighted by Gasteiger charge is -2.27. The number of carbonyl (C=O) groups is 1. The maximum absolute atomic E-state index is 12.4. The number of aryl methyl sites for hydroxylation is 1. The summed E-state index contributed by atoms with van der Waals surface area (Å²) in [5.74, 6) is 0.433. The molecule has 0 spiro atoms. The number of nitrogens with zero attached hydrogens (tertiary/aromatic N) is 1. The molecule has 1 fully saturated rings. The van der Waals surface area contributed by atoms with Crippen LogP contribution in [-0.2, 0) is 11.2 Å². The van der Waals surface area contributed by atoms with Crippen LogP contribution in [-0.4, -0.2) is 26.0 Å². The van der Waals surface area contributed by atoms with E-state index in [9.17, 15) is 4.79 Å². The average molecular weight is 246 g/mol. The van der Waals surface area contributed by atoms with Crippen molar-refractivity contribution in [3.63, 3.8) is 0 Å². The number of carbonyl (C=O) groups excluding carboxylic acids is 1. The van der Waals surface area contributed by atoms with Crippen LogP contribution in [0.5, 0.6) is 0 Å². The number of piperidine rings is 1. The zero-order chi connectivity index (χ0) is 13.0. The Balaban J connectivity index is 2.04. The molecule has 1 aromatic rings. The second-order valence-corrected chi connectivity index (χ2v) is 4.94. The number of hydrogen-bond donors (Lipinski definition) is 1. The van der Waals surface area contributed by atoms with E-state index in [2.05, 4.69) is 24.4 Å². The molecule has 1 saturated heterocycles. The Hall–Kier alpha value is -1.35. The minimum Gasteiger partial charge on any atom is -0.317 e. The van der Waals surface area contributed by atoms with Crippen molar-refractivity contribution < 1.29 is 4.79 Å². The first kappa shape index (κ1) is 13.1. The summed E-state index contributed by atoms with van der Waals surface area (Å²) in [6, 6.07) is 8.28. The van der Waals surface area contributed by atoms with Gasteiger partial charge in [0.2, 0.25) is 5.91 Å². The topological polar surface area (TPSA) is 32.3 Å². The highest BCUT2D eigenvalue weighted by Crippen LogP contribution is 2.20. The fourth-order valence-corrected chi connectivity index (χ4v) is 2.43. The molecule has 1 amide bonds. The van der Waals surface area contributed by atoms with Crippen LogP contribution in [0, 0.1) is 5.92 Å². The highest BCUT2D eigenvalue weighted by Gasteiger charge is 2.24. The van der Waals surface area contributed by atoms with Gasteiger partial charge in [0.1, 0.15) is 0 Å². The summed E-state index contributed by atoms with van der Waals surface area (Å²) in [5.41, 5.74) is 2.30. The fraction of sp³-hybridized carbons (Fsp3) is 0.533. The van der Waals surface area contributed by atoms with Gasteiger partial charge in [-0.3, -0.25) is 4.79 Å². The minimum atomic E-state index is 0.183. The van der Waals surface area contributed by atoms with Crippen molar-refractivity contribution in [2.75, 3.05) is 25.0 Å². The Kier molecular flexibility index (Phi) is 4.37. The second-order valence-electron chi connectivity index (χ2n) is 4.94. The van der Waals surface area contributed by atoms with Gasteiger partial charge in [0.15, 0.2) is 0 Å². The standard InChI is InChI=1S/C15H22N2O/c1-3-12-4-6-14(7-5-12)17(2)15(18)13-8-10-16-11-9-13/h4-7,13,16H,3,8-11H2,1-2H3. The van der Waals surface area contributed by atoms with Gasteiger partial charge in [-0.25, -0.2) is 0 Å². The molecule has 3 heteroatoms. The minimum absolute atomic E-state index is 0.183. The van der Waals surface area contributed by atoms with E-state index in [0.29, 0.717) is 0 Å². The summed E-state index contributed by atoms with van der Waals surface area (Å²) in [4.78, 5) is 14.2. The van der Waals surface area contributed by atoms with E-state index in [1.54, 1.807) is 4.90 Å². The Labute approximate surface area is 109 Å². The maximum Gasteiger partial charge on any atom is 0.229 e. The predicted molar refractivity (Wildman–Crippen MR) is 74.8 cm³/mol. The predicted octanol–water partition coefficient (Wildman–Crippen LogP) is 2.21. The lowest BCUT2D eigenvalue weighted by molar-refractivity contribution is -0.122. The average Bonchev–Trinajstić information content (AvgIpc) is 2.47. The highest BCUT2D eigenvalue weighted by molar-refractivity contribution is 5.94.